The second-order valence-electron chi connectivity index (χ2n) is 8.42. The first-order valence-electron chi connectivity index (χ1n) is 9.93. The van der Waals surface area contributed by atoms with Crippen LogP contribution in [-0.2, 0) is 18.3 Å². The Morgan fingerprint density at radius 2 is 2.03 bits per heavy atom. The van der Waals surface area contributed by atoms with Crippen LogP contribution in [-0.4, -0.2) is 29.1 Å². The van der Waals surface area contributed by atoms with Crippen LogP contribution in [0.4, 0.5) is 5.69 Å². The second kappa shape index (κ2) is 7.95. The van der Waals surface area contributed by atoms with E-state index in [2.05, 4.69) is 78.8 Å². The van der Waals surface area contributed by atoms with Crippen molar-refractivity contribution in [2.24, 2.45) is 11.0 Å². The average molecular weight is 520 g/mol. The Morgan fingerprint density at radius 3 is 2.72 bits per heavy atom. The third-order valence-electron chi connectivity index (χ3n) is 7.03. The normalized spacial score (nSPS) is 25.9. The van der Waals surface area contributed by atoms with Crippen LogP contribution in [0.25, 0.3) is 10.4 Å². The summed E-state index contributed by atoms with van der Waals surface area (Å²) in [5, 5.41) is 14.1. The molecule has 1 N–H and O–H groups in total. The molecular weight excluding hydrogens is 496 g/mol. The van der Waals surface area contributed by atoms with Crippen LogP contribution >= 0.6 is 31.9 Å². The Kier molecular flexibility index (Phi) is 5.68. The van der Waals surface area contributed by atoms with Crippen molar-refractivity contribution < 1.29 is 5.11 Å². The molecule has 1 heterocycles. The van der Waals surface area contributed by atoms with Gasteiger partial charge in [-0.1, -0.05) is 43.2 Å². The summed E-state index contributed by atoms with van der Waals surface area (Å²) in [5.41, 5.74) is 13.1. The molecule has 2 bridgehead atoms. The molecule has 0 amide bonds. The van der Waals surface area contributed by atoms with Gasteiger partial charge in [-0.3, -0.25) is 4.90 Å². The van der Waals surface area contributed by atoms with Crippen LogP contribution in [0, 0.1) is 5.92 Å². The number of hydrogen-bond acceptors (Lipinski definition) is 3. The monoisotopic (exact) mass is 518 g/mol. The van der Waals surface area contributed by atoms with E-state index in [0.717, 1.165) is 41.3 Å². The molecule has 1 fully saturated rings. The van der Waals surface area contributed by atoms with Crippen molar-refractivity contribution in [3.63, 3.8) is 0 Å². The number of hydrogen-bond donors (Lipinski definition) is 1. The van der Waals surface area contributed by atoms with Crippen molar-refractivity contribution in [3.05, 3.63) is 66.4 Å². The Bertz CT molecular complexity index is 987. The number of phenolic OH excluding ortho intramolecular Hbond substituents is 1. The van der Waals surface area contributed by atoms with E-state index < -0.39 is 0 Å². The fraction of sp³-hybridized carbons (Fsp3) is 0.455. The van der Waals surface area contributed by atoms with Crippen LogP contribution in [0.2, 0.25) is 0 Å². The summed E-state index contributed by atoms with van der Waals surface area (Å²) in [6.45, 7) is 6.79. The minimum absolute atomic E-state index is 0.0582. The van der Waals surface area contributed by atoms with Crippen molar-refractivity contribution in [3.8, 4) is 5.75 Å². The van der Waals surface area contributed by atoms with Gasteiger partial charge in [-0.15, -0.1) is 0 Å². The molecule has 1 saturated heterocycles. The lowest BCUT2D eigenvalue weighted by molar-refractivity contribution is 0.0317. The quantitative estimate of drug-likeness (QED) is 0.280. The van der Waals surface area contributed by atoms with E-state index in [-0.39, 0.29) is 5.41 Å². The minimum atomic E-state index is 0.0582. The first-order valence-corrected chi connectivity index (χ1v) is 11.5. The number of nitrogens with zero attached hydrogens (tertiary/aromatic N) is 4. The summed E-state index contributed by atoms with van der Waals surface area (Å²) in [6.07, 6.45) is 3.05. The average Bonchev–Trinajstić information content (AvgIpc) is 2.69. The molecule has 0 spiro atoms. The molecule has 1 unspecified atom stereocenters. The van der Waals surface area contributed by atoms with Gasteiger partial charge in [-0.25, -0.2) is 0 Å². The predicted molar refractivity (Wildman–Crippen MR) is 123 cm³/mol. The SMILES string of the molecule is C[C@@H]1C2Cc3cc(Br)c(O)c(Br)c3[C@@]1(C)CCN2CCc1ccc(N=[N+]=[N-])cc1. The highest BCUT2D eigenvalue weighted by Crippen LogP contribution is 2.53. The summed E-state index contributed by atoms with van der Waals surface area (Å²) in [4.78, 5) is 5.47. The number of aromatic hydroxyl groups is 1. The molecule has 1 aliphatic carbocycles. The van der Waals surface area contributed by atoms with Crippen LogP contribution in [0.1, 0.15) is 37.0 Å². The molecule has 2 aromatic carbocycles. The first-order chi connectivity index (χ1) is 13.8. The zero-order valence-electron chi connectivity index (χ0n) is 16.6. The summed E-state index contributed by atoms with van der Waals surface area (Å²) in [5.74, 6) is 0.815. The highest BCUT2D eigenvalue weighted by molar-refractivity contribution is 9.11. The zero-order chi connectivity index (χ0) is 20.8. The number of piperidine rings is 1. The molecule has 4 rings (SSSR count). The number of halogens is 2. The van der Waals surface area contributed by atoms with E-state index in [1.165, 1.54) is 16.7 Å². The lowest BCUT2D eigenvalue weighted by Gasteiger charge is -2.55. The van der Waals surface area contributed by atoms with Crippen molar-refractivity contribution >= 4 is 37.5 Å². The second-order valence-corrected chi connectivity index (χ2v) is 10.1. The lowest BCUT2D eigenvalue weighted by Crippen LogP contribution is -2.58. The van der Waals surface area contributed by atoms with E-state index in [0.29, 0.717) is 23.4 Å². The van der Waals surface area contributed by atoms with Crippen LogP contribution in [0.3, 0.4) is 0 Å². The lowest BCUT2D eigenvalue weighted by atomic mass is 9.59. The summed E-state index contributed by atoms with van der Waals surface area (Å²) in [6, 6.07) is 10.5. The minimum Gasteiger partial charge on any atom is -0.506 e. The van der Waals surface area contributed by atoms with Gasteiger partial charge < -0.3 is 5.11 Å². The maximum atomic E-state index is 10.4. The van der Waals surface area contributed by atoms with Gasteiger partial charge in [0.05, 0.1) is 8.95 Å². The van der Waals surface area contributed by atoms with Gasteiger partial charge in [0.1, 0.15) is 5.75 Å². The number of fused-ring (bicyclic) bond motifs is 4. The molecule has 0 radical (unpaired) electrons. The molecule has 3 atom stereocenters. The number of rotatable bonds is 4. The van der Waals surface area contributed by atoms with E-state index in [4.69, 9.17) is 5.53 Å². The zero-order valence-corrected chi connectivity index (χ0v) is 19.7. The Hall–Kier alpha value is -1.53. The molecule has 0 saturated carbocycles. The van der Waals surface area contributed by atoms with Crippen LogP contribution in [0.15, 0.2) is 44.4 Å². The molecular formula is C22H24Br2N4O. The van der Waals surface area contributed by atoms with Gasteiger partial charge in [0.2, 0.25) is 0 Å². The topological polar surface area (TPSA) is 72.2 Å². The molecule has 1 aliphatic heterocycles. The maximum Gasteiger partial charge on any atom is 0.144 e. The van der Waals surface area contributed by atoms with Gasteiger partial charge in [-0.05, 0) is 97.3 Å². The van der Waals surface area contributed by atoms with Gasteiger partial charge in [0.25, 0.3) is 0 Å². The summed E-state index contributed by atoms with van der Waals surface area (Å²) < 4.78 is 1.61. The van der Waals surface area contributed by atoms with Crippen molar-refractivity contribution in [2.45, 2.75) is 44.6 Å². The molecule has 0 aromatic heterocycles. The fourth-order valence-corrected chi connectivity index (χ4v) is 6.82. The first kappa shape index (κ1) is 20.7. The van der Waals surface area contributed by atoms with Crippen molar-refractivity contribution in [2.75, 3.05) is 13.1 Å². The smallest absolute Gasteiger partial charge is 0.144 e. The van der Waals surface area contributed by atoms with E-state index in [1.807, 2.05) is 12.1 Å². The third kappa shape index (κ3) is 3.59. The summed E-state index contributed by atoms with van der Waals surface area (Å²) >= 11 is 7.18. The molecule has 152 valence electrons. The Morgan fingerprint density at radius 1 is 1.31 bits per heavy atom. The van der Waals surface area contributed by atoms with E-state index in [9.17, 15) is 5.11 Å². The van der Waals surface area contributed by atoms with Gasteiger partial charge in [0.15, 0.2) is 0 Å². The standard InChI is InChI=1S/C22H24Br2N4O/c1-13-18-12-15-11-17(23)21(29)20(24)19(15)22(13,2)8-10-28(18)9-7-14-3-5-16(6-4-14)26-27-25/h3-6,11,13,18,29H,7-10,12H2,1-2H3/t13-,18?,22+/m1/s1. The number of azide groups is 1. The molecule has 2 aromatic rings. The highest BCUT2D eigenvalue weighted by Gasteiger charge is 2.49. The Balaban J connectivity index is 1.56. The molecule has 2 aliphatic rings. The Labute approximate surface area is 188 Å². The number of phenols is 1. The third-order valence-corrected chi connectivity index (χ3v) is 8.41. The van der Waals surface area contributed by atoms with Crippen molar-refractivity contribution in [1.29, 1.82) is 0 Å². The van der Waals surface area contributed by atoms with Gasteiger partial charge in [0, 0.05) is 23.2 Å². The predicted octanol–water partition coefficient (Wildman–Crippen LogP) is 6.63. The summed E-state index contributed by atoms with van der Waals surface area (Å²) in [7, 11) is 0. The fourth-order valence-electron chi connectivity index (χ4n) is 5.16. The van der Waals surface area contributed by atoms with E-state index >= 15 is 0 Å². The maximum absolute atomic E-state index is 10.4. The van der Waals surface area contributed by atoms with Crippen LogP contribution < -0.4 is 0 Å². The number of likely N-dealkylation sites (tertiary alicyclic amines) is 1. The molecule has 5 nitrogen and oxygen atoms in total. The van der Waals surface area contributed by atoms with E-state index in [1.54, 1.807) is 0 Å². The van der Waals surface area contributed by atoms with Gasteiger partial charge >= 0.3 is 0 Å². The van der Waals surface area contributed by atoms with Gasteiger partial charge in [-0.2, -0.15) is 0 Å². The highest BCUT2D eigenvalue weighted by atomic mass is 79.9. The van der Waals surface area contributed by atoms with Crippen LogP contribution in [0.5, 0.6) is 5.75 Å². The molecule has 29 heavy (non-hydrogen) atoms. The molecule has 7 heteroatoms. The largest absolute Gasteiger partial charge is 0.506 e. The number of benzene rings is 2. The van der Waals surface area contributed by atoms with Crippen molar-refractivity contribution in [1.82, 2.24) is 4.90 Å².